The average Bonchev–Trinajstić information content (AvgIpc) is 2.64. The molecule has 0 saturated carbocycles. The van der Waals surface area contributed by atoms with Crippen LogP contribution in [0.1, 0.15) is 19.8 Å². The molecule has 5 nitrogen and oxygen atoms in total. The molecule has 90 valence electrons. The molecular weight excluding hydrogens is 208 g/mol. The summed E-state index contributed by atoms with van der Waals surface area (Å²) in [6, 6.07) is -0.325. The Balaban J connectivity index is 2.28. The lowest BCUT2D eigenvalue weighted by molar-refractivity contribution is -0.122. The fourth-order valence-corrected chi connectivity index (χ4v) is 1.48. The minimum atomic E-state index is -0.325. The molecular formula is C11H18N2O3. The van der Waals surface area contributed by atoms with E-state index in [2.05, 4.69) is 10.6 Å². The third-order valence-electron chi connectivity index (χ3n) is 2.38. The van der Waals surface area contributed by atoms with Gasteiger partial charge in [0.05, 0.1) is 6.61 Å². The Kier molecular flexibility index (Phi) is 4.98. The van der Waals surface area contributed by atoms with Crippen LogP contribution >= 0.6 is 0 Å². The Morgan fingerprint density at radius 1 is 1.56 bits per heavy atom. The number of ketones is 1. The van der Waals surface area contributed by atoms with Crippen LogP contribution < -0.4 is 10.6 Å². The maximum Gasteiger partial charge on any atom is 0.242 e. The van der Waals surface area contributed by atoms with Crippen LogP contribution in [0.25, 0.3) is 0 Å². The molecule has 1 aliphatic carbocycles. The van der Waals surface area contributed by atoms with Gasteiger partial charge in [0.25, 0.3) is 0 Å². The summed E-state index contributed by atoms with van der Waals surface area (Å²) in [7, 11) is 1.59. The second kappa shape index (κ2) is 6.27. The first-order chi connectivity index (χ1) is 7.63. The fraction of sp³-hybridized carbons (Fsp3) is 0.636. The molecule has 0 radical (unpaired) electrons. The van der Waals surface area contributed by atoms with Gasteiger partial charge in [0, 0.05) is 31.8 Å². The summed E-state index contributed by atoms with van der Waals surface area (Å²) in [5.74, 6) is 0.0341. The first-order valence-electron chi connectivity index (χ1n) is 5.40. The maximum absolute atomic E-state index is 11.5. The monoisotopic (exact) mass is 226 g/mol. The Morgan fingerprint density at radius 2 is 2.31 bits per heavy atom. The number of rotatable bonds is 6. The van der Waals surface area contributed by atoms with Crippen molar-refractivity contribution in [1.82, 2.24) is 10.6 Å². The zero-order valence-corrected chi connectivity index (χ0v) is 9.71. The van der Waals surface area contributed by atoms with E-state index in [1.54, 1.807) is 20.1 Å². The van der Waals surface area contributed by atoms with Gasteiger partial charge in [0.1, 0.15) is 6.04 Å². The van der Waals surface area contributed by atoms with Crippen molar-refractivity contribution in [2.45, 2.75) is 25.8 Å². The topological polar surface area (TPSA) is 67.4 Å². The van der Waals surface area contributed by atoms with Gasteiger partial charge in [-0.1, -0.05) is 0 Å². The van der Waals surface area contributed by atoms with Gasteiger partial charge >= 0.3 is 0 Å². The molecule has 0 bridgehead atoms. The maximum atomic E-state index is 11.5. The van der Waals surface area contributed by atoms with Crippen molar-refractivity contribution in [1.29, 1.82) is 0 Å². The zero-order chi connectivity index (χ0) is 12.0. The molecule has 0 heterocycles. The van der Waals surface area contributed by atoms with Gasteiger partial charge in [-0.2, -0.15) is 0 Å². The Morgan fingerprint density at radius 3 is 2.88 bits per heavy atom. The van der Waals surface area contributed by atoms with Crippen LogP contribution in [0.3, 0.4) is 0 Å². The molecule has 0 spiro atoms. The van der Waals surface area contributed by atoms with E-state index in [4.69, 9.17) is 4.74 Å². The number of hydrogen-bond acceptors (Lipinski definition) is 4. The van der Waals surface area contributed by atoms with Crippen molar-refractivity contribution in [2.75, 3.05) is 20.3 Å². The Hall–Kier alpha value is -1.36. The molecule has 0 fully saturated rings. The normalized spacial score (nSPS) is 16.9. The quantitative estimate of drug-likeness (QED) is 0.624. The number of carbonyl (C=O) groups excluding carboxylic acids is 2. The van der Waals surface area contributed by atoms with E-state index < -0.39 is 0 Å². The lowest BCUT2D eigenvalue weighted by Crippen LogP contribution is -2.42. The molecule has 16 heavy (non-hydrogen) atoms. The molecule has 1 aliphatic rings. The first kappa shape index (κ1) is 12.7. The van der Waals surface area contributed by atoms with Crippen LogP contribution in [0.4, 0.5) is 0 Å². The number of allylic oxidation sites excluding steroid dienone is 2. The van der Waals surface area contributed by atoms with E-state index >= 15 is 0 Å². The summed E-state index contributed by atoms with van der Waals surface area (Å²) in [6.07, 6.45) is 2.81. The van der Waals surface area contributed by atoms with Crippen molar-refractivity contribution in [3.05, 3.63) is 11.8 Å². The molecule has 0 aromatic carbocycles. The number of methoxy groups -OCH3 is 1. The minimum absolute atomic E-state index is 0.0858. The fourth-order valence-electron chi connectivity index (χ4n) is 1.48. The van der Waals surface area contributed by atoms with Gasteiger partial charge in [0.2, 0.25) is 5.91 Å². The van der Waals surface area contributed by atoms with Gasteiger partial charge < -0.3 is 15.4 Å². The highest BCUT2D eigenvalue weighted by Gasteiger charge is 2.17. The average molecular weight is 226 g/mol. The molecule has 2 N–H and O–H groups in total. The molecule has 5 heteroatoms. The molecule has 1 atom stereocenters. The number of carbonyl (C=O) groups is 2. The van der Waals surface area contributed by atoms with Crippen molar-refractivity contribution in [3.8, 4) is 0 Å². The zero-order valence-electron chi connectivity index (χ0n) is 9.71. The van der Waals surface area contributed by atoms with Crippen molar-refractivity contribution in [3.63, 3.8) is 0 Å². The molecule has 0 aromatic heterocycles. The second-order valence-electron chi connectivity index (χ2n) is 3.79. The SMILES string of the molecule is COCCNC(=O)C(C)NC1=CC(=O)CC1. The molecule has 0 saturated heterocycles. The Bertz CT molecular complexity index is 300. The lowest BCUT2D eigenvalue weighted by atomic mass is 10.2. The van der Waals surface area contributed by atoms with Crippen molar-refractivity contribution >= 4 is 11.7 Å². The number of amides is 1. The van der Waals surface area contributed by atoms with Gasteiger partial charge in [0.15, 0.2) is 5.78 Å². The predicted octanol–water partition coefficient (Wildman–Crippen LogP) is -0.0261. The predicted molar refractivity (Wildman–Crippen MR) is 59.8 cm³/mol. The van der Waals surface area contributed by atoms with E-state index in [1.807, 2.05) is 0 Å². The van der Waals surface area contributed by atoms with Crippen molar-refractivity contribution < 1.29 is 14.3 Å². The summed E-state index contributed by atoms with van der Waals surface area (Å²) in [6.45, 7) is 2.77. The summed E-state index contributed by atoms with van der Waals surface area (Å²) >= 11 is 0. The van der Waals surface area contributed by atoms with Crippen LogP contribution in [0.5, 0.6) is 0 Å². The Labute approximate surface area is 95.2 Å². The summed E-state index contributed by atoms with van der Waals surface area (Å²) < 4.78 is 4.83. The highest BCUT2D eigenvalue weighted by molar-refractivity contribution is 5.93. The van der Waals surface area contributed by atoms with Crippen molar-refractivity contribution in [2.24, 2.45) is 0 Å². The van der Waals surface area contributed by atoms with E-state index in [0.717, 1.165) is 5.70 Å². The highest BCUT2D eigenvalue weighted by atomic mass is 16.5. The van der Waals surface area contributed by atoms with Crippen LogP contribution in [-0.2, 0) is 14.3 Å². The van der Waals surface area contributed by atoms with Gasteiger partial charge in [-0.05, 0) is 13.3 Å². The number of nitrogens with one attached hydrogen (secondary N) is 2. The third-order valence-corrected chi connectivity index (χ3v) is 2.38. The van der Waals surface area contributed by atoms with Gasteiger partial charge in [-0.25, -0.2) is 0 Å². The van der Waals surface area contributed by atoms with Gasteiger partial charge in [-0.3, -0.25) is 9.59 Å². The second-order valence-corrected chi connectivity index (χ2v) is 3.79. The lowest BCUT2D eigenvalue weighted by Gasteiger charge is -2.15. The van der Waals surface area contributed by atoms with Gasteiger partial charge in [-0.15, -0.1) is 0 Å². The van der Waals surface area contributed by atoms with Crippen LogP contribution in [0, 0.1) is 0 Å². The standard InChI is InChI=1S/C11H18N2O3/c1-8(11(15)12-5-6-16-2)13-9-3-4-10(14)7-9/h7-8,13H,3-6H2,1-2H3,(H,12,15). The smallest absolute Gasteiger partial charge is 0.242 e. The minimum Gasteiger partial charge on any atom is -0.383 e. The van der Waals surface area contributed by atoms with E-state index in [1.165, 1.54) is 0 Å². The third kappa shape index (κ3) is 4.02. The number of ether oxygens (including phenoxy) is 1. The van der Waals surface area contributed by atoms with Crippen LogP contribution in [-0.4, -0.2) is 38.0 Å². The number of hydrogen-bond donors (Lipinski definition) is 2. The van der Waals surface area contributed by atoms with E-state index in [0.29, 0.717) is 26.0 Å². The summed E-state index contributed by atoms with van der Waals surface area (Å²) in [4.78, 5) is 22.5. The van der Waals surface area contributed by atoms with Crippen LogP contribution in [0.2, 0.25) is 0 Å². The molecule has 1 rings (SSSR count). The molecule has 0 aromatic rings. The molecule has 1 unspecified atom stereocenters. The summed E-state index contributed by atoms with van der Waals surface area (Å²) in [5, 5.41) is 5.75. The van der Waals surface area contributed by atoms with E-state index in [9.17, 15) is 9.59 Å². The molecule has 1 amide bonds. The first-order valence-corrected chi connectivity index (χ1v) is 5.40. The largest absolute Gasteiger partial charge is 0.383 e. The molecule has 0 aliphatic heterocycles. The van der Waals surface area contributed by atoms with E-state index in [-0.39, 0.29) is 17.7 Å². The van der Waals surface area contributed by atoms with Crippen LogP contribution in [0.15, 0.2) is 11.8 Å². The summed E-state index contributed by atoms with van der Waals surface area (Å²) in [5.41, 5.74) is 0.847. The highest BCUT2D eigenvalue weighted by Crippen LogP contribution is 2.12.